The average Bonchev–Trinajstić information content (AvgIpc) is 3.05. The van der Waals surface area contributed by atoms with E-state index in [4.69, 9.17) is 16.6 Å². The highest BCUT2D eigenvalue weighted by atomic mass is 32.1. The molecule has 1 atom stereocenters. The van der Waals surface area contributed by atoms with Gasteiger partial charge in [-0.25, -0.2) is 0 Å². The van der Waals surface area contributed by atoms with E-state index in [1.807, 2.05) is 0 Å². The van der Waals surface area contributed by atoms with E-state index in [0.29, 0.717) is 22.3 Å². The minimum absolute atomic E-state index is 0.230. The van der Waals surface area contributed by atoms with Gasteiger partial charge >= 0.3 is 0 Å². The zero-order chi connectivity index (χ0) is 17.4. The van der Waals surface area contributed by atoms with Gasteiger partial charge in [-0.15, -0.1) is 0 Å². The van der Waals surface area contributed by atoms with Gasteiger partial charge in [-0.2, -0.15) is 0 Å². The first kappa shape index (κ1) is 16.8. The number of amides is 1. The quantitative estimate of drug-likeness (QED) is 0.633. The van der Waals surface area contributed by atoms with Gasteiger partial charge in [-0.3, -0.25) is 10.1 Å². The summed E-state index contributed by atoms with van der Waals surface area (Å²) in [6.45, 7) is 2.24. The number of rotatable bonds is 4. The lowest BCUT2D eigenvalue weighted by atomic mass is 9.48. The molecule has 1 heterocycles. The maximum atomic E-state index is 12.0. The Balaban J connectivity index is 1.32. The molecule has 4 bridgehead atoms. The van der Waals surface area contributed by atoms with Crippen molar-refractivity contribution >= 4 is 29.3 Å². The van der Waals surface area contributed by atoms with Crippen LogP contribution in [0.5, 0.6) is 0 Å². The van der Waals surface area contributed by atoms with Gasteiger partial charge in [0, 0.05) is 12.1 Å². The number of carbonyl (C=O) groups is 1. The highest BCUT2D eigenvalue weighted by Crippen LogP contribution is 2.61. The highest BCUT2D eigenvalue weighted by Gasteiger charge is 2.53. The molecule has 1 amide bonds. The summed E-state index contributed by atoms with van der Waals surface area (Å²) in [5, 5.41) is 6.59. The van der Waals surface area contributed by atoms with Crippen LogP contribution in [0.15, 0.2) is 28.9 Å². The van der Waals surface area contributed by atoms with E-state index in [1.54, 1.807) is 24.5 Å². The topological polar surface area (TPSA) is 54.3 Å². The van der Waals surface area contributed by atoms with Gasteiger partial charge < -0.3 is 9.73 Å². The zero-order valence-corrected chi connectivity index (χ0v) is 15.5. The van der Waals surface area contributed by atoms with Gasteiger partial charge in [-0.05, 0) is 99.0 Å². The van der Waals surface area contributed by atoms with Crippen LogP contribution < -0.4 is 10.6 Å². The third-order valence-electron chi connectivity index (χ3n) is 6.53. The lowest BCUT2D eigenvalue weighted by molar-refractivity contribution is -0.115. The number of carbonyl (C=O) groups excluding carboxylic acids is 1. The Kier molecular flexibility index (Phi) is 4.44. The predicted octanol–water partition coefficient (Wildman–Crippen LogP) is 3.89. The molecule has 0 aromatic carbocycles. The van der Waals surface area contributed by atoms with Crippen molar-refractivity contribution in [3.63, 3.8) is 0 Å². The second kappa shape index (κ2) is 6.60. The largest absolute Gasteiger partial charge is 0.465 e. The zero-order valence-electron chi connectivity index (χ0n) is 14.7. The molecule has 0 aliphatic heterocycles. The van der Waals surface area contributed by atoms with E-state index in [0.717, 1.165) is 17.8 Å². The Morgan fingerprint density at radius 1 is 1.28 bits per heavy atom. The number of thiocarbonyl (C=S) groups is 1. The van der Waals surface area contributed by atoms with E-state index < -0.39 is 0 Å². The predicted molar refractivity (Wildman–Crippen MR) is 102 cm³/mol. The van der Waals surface area contributed by atoms with E-state index >= 15 is 0 Å². The lowest BCUT2D eigenvalue weighted by Crippen LogP contribution is -2.57. The first-order chi connectivity index (χ1) is 12.0. The molecule has 5 rings (SSSR count). The van der Waals surface area contributed by atoms with Crippen LogP contribution in [0.2, 0.25) is 0 Å². The normalized spacial score (nSPS) is 34.2. The summed E-state index contributed by atoms with van der Waals surface area (Å²) in [6.07, 6.45) is 12.9. The van der Waals surface area contributed by atoms with Crippen molar-refractivity contribution in [2.75, 3.05) is 0 Å². The molecule has 0 radical (unpaired) electrons. The maximum Gasteiger partial charge on any atom is 0.250 e. The second-order valence-corrected chi connectivity index (χ2v) is 8.72. The van der Waals surface area contributed by atoms with Crippen molar-refractivity contribution in [1.29, 1.82) is 0 Å². The summed E-state index contributed by atoms with van der Waals surface area (Å²) in [7, 11) is 0. The van der Waals surface area contributed by atoms with Gasteiger partial charge in [0.1, 0.15) is 5.76 Å². The van der Waals surface area contributed by atoms with E-state index in [9.17, 15) is 4.79 Å². The third-order valence-corrected chi connectivity index (χ3v) is 6.75. The summed E-state index contributed by atoms with van der Waals surface area (Å²) in [6, 6.07) is 3.90. The number of nitrogens with one attached hydrogen (secondary N) is 2. The Labute approximate surface area is 154 Å². The molecule has 2 N–H and O–H groups in total. The minimum Gasteiger partial charge on any atom is -0.465 e. The van der Waals surface area contributed by atoms with E-state index in [1.165, 1.54) is 44.6 Å². The molecule has 0 saturated heterocycles. The fraction of sp³-hybridized carbons (Fsp3) is 0.600. The van der Waals surface area contributed by atoms with E-state index in [2.05, 4.69) is 17.6 Å². The fourth-order valence-electron chi connectivity index (χ4n) is 5.79. The Morgan fingerprint density at radius 3 is 2.48 bits per heavy atom. The molecular weight excluding hydrogens is 332 g/mol. The molecule has 1 aromatic rings. The lowest BCUT2D eigenvalue weighted by Gasteiger charge is -2.59. The van der Waals surface area contributed by atoms with Crippen molar-refractivity contribution < 1.29 is 9.21 Å². The third kappa shape index (κ3) is 3.52. The smallest absolute Gasteiger partial charge is 0.250 e. The maximum absolute atomic E-state index is 12.0. The summed E-state index contributed by atoms with van der Waals surface area (Å²) in [5.41, 5.74) is 0.369. The average molecular weight is 359 g/mol. The minimum atomic E-state index is -0.230. The molecule has 4 aliphatic carbocycles. The van der Waals surface area contributed by atoms with Crippen molar-refractivity contribution in [3.05, 3.63) is 30.2 Å². The number of hydrogen-bond donors (Lipinski definition) is 2. The Morgan fingerprint density at radius 2 is 1.92 bits per heavy atom. The monoisotopic (exact) mass is 358 g/mol. The van der Waals surface area contributed by atoms with Crippen LogP contribution in [0.4, 0.5) is 0 Å². The number of furan rings is 1. The molecule has 0 spiro atoms. The molecule has 5 heteroatoms. The van der Waals surface area contributed by atoms with Crippen molar-refractivity contribution in [1.82, 2.24) is 10.6 Å². The van der Waals surface area contributed by atoms with Crippen molar-refractivity contribution in [3.8, 4) is 0 Å². The van der Waals surface area contributed by atoms with Gasteiger partial charge in [0.25, 0.3) is 0 Å². The molecule has 134 valence electrons. The molecule has 4 aliphatic rings. The van der Waals surface area contributed by atoms with Crippen LogP contribution in [-0.4, -0.2) is 17.1 Å². The summed E-state index contributed by atoms with van der Waals surface area (Å²) in [4.78, 5) is 12.0. The van der Waals surface area contributed by atoms with Gasteiger partial charge in [-0.1, -0.05) is 0 Å². The molecule has 4 nitrogen and oxygen atoms in total. The first-order valence-electron chi connectivity index (χ1n) is 9.35. The SMILES string of the molecule is C[C@H](NC(=S)NC(=O)C=Cc1ccco1)C12CC3CC(CC(C3)C1)C2. The van der Waals surface area contributed by atoms with E-state index in [-0.39, 0.29) is 5.91 Å². The van der Waals surface area contributed by atoms with Crippen LogP contribution in [0.1, 0.15) is 51.2 Å². The summed E-state index contributed by atoms with van der Waals surface area (Å²) in [5.74, 6) is 3.15. The van der Waals surface area contributed by atoms with Crippen molar-refractivity contribution in [2.45, 2.75) is 51.5 Å². The number of hydrogen-bond acceptors (Lipinski definition) is 3. The standard InChI is InChI=1S/C20H26N2O2S/c1-13(20-10-14-7-15(11-20)9-16(8-14)12-20)21-19(25)22-18(23)5-4-17-3-2-6-24-17/h2-6,13-16H,7-12H2,1H3,(H2,21,22,23,25)/t13-,14?,15?,16?,20?/m0/s1. The van der Waals surface area contributed by atoms with Crippen LogP contribution >= 0.6 is 12.2 Å². The Hall–Kier alpha value is -1.62. The fourth-order valence-corrected chi connectivity index (χ4v) is 6.07. The highest BCUT2D eigenvalue weighted by molar-refractivity contribution is 7.80. The summed E-state index contributed by atoms with van der Waals surface area (Å²) < 4.78 is 5.18. The molecule has 4 fully saturated rings. The molecule has 25 heavy (non-hydrogen) atoms. The van der Waals surface area contributed by atoms with Crippen LogP contribution in [0, 0.1) is 23.2 Å². The summed E-state index contributed by atoms with van der Waals surface area (Å²) >= 11 is 5.38. The van der Waals surface area contributed by atoms with Gasteiger partial charge in [0.05, 0.1) is 6.26 Å². The molecule has 4 saturated carbocycles. The molecule has 1 aromatic heterocycles. The van der Waals surface area contributed by atoms with Crippen LogP contribution in [0.25, 0.3) is 6.08 Å². The molecule has 0 unspecified atom stereocenters. The van der Waals surface area contributed by atoms with Gasteiger partial charge in [0.2, 0.25) is 5.91 Å². The second-order valence-electron chi connectivity index (χ2n) is 8.31. The first-order valence-corrected chi connectivity index (χ1v) is 9.76. The van der Waals surface area contributed by atoms with Crippen LogP contribution in [0.3, 0.4) is 0 Å². The Bertz CT molecular complexity index is 645. The van der Waals surface area contributed by atoms with Crippen LogP contribution in [-0.2, 0) is 4.79 Å². The molecular formula is C20H26N2O2S. The van der Waals surface area contributed by atoms with Crippen molar-refractivity contribution in [2.24, 2.45) is 23.2 Å². The van der Waals surface area contributed by atoms with Gasteiger partial charge in [0.15, 0.2) is 5.11 Å².